The first-order valence-electron chi connectivity index (χ1n) is 3.22. The topological polar surface area (TPSA) is 68.0 Å². The van der Waals surface area contributed by atoms with Crippen molar-refractivity contribution < 1.29 is 9.90 Å². The Balaban J connectivity index is 2.92. The summed E-state index contributed by atoms with van der Waals surface area (Å²) in [7, 11) is 0. The predicted octanol–water partition coefficient (Wildman–Crippen LogP) is 0.232. The smallest absolute Gasteiger partial charge is 0.328 e. The number of aromatic nitrogens is 3. The molecule has 1 atom stereocenters. The van der Waals surface area contributed by atoms with E-state index < -0.39 is 12.0 Å². The normalized spacial score (nSPS) is 12.9. The van der Waals surface area contributed by atoms with Crippen LogP contribution in [0.1, 0.15) is 18.7 Å². The van der Waals surface area contributed by atoms with Gasteiger partial charge in [-0.15, -0.1) is 5.10 Å². The molecule has 0 unspecified atom stereocenters. The van der Waals surface area contributed by atoms with Crippen LogP contribution >= 0.6 is 0 Å². The number of carboxylic acid groups (broad SMARTS) is 1. The van der Waals surface area contributed by atoms with E-state index in [1.807, 2.05) is 0 Å². The molecule has 1 aromatic rings. The summed E-state index contributed by atoms with van der Waals surface area (Å²) in [6.07, 6.45) is 1.53. The molecule has 0 bridgehead atoms. The number of aliphatic carboxylic acids is 1. The summed E-state index contributed by atoms with van der Waals surface area (Å²) in [4.78, 5) is 10.5. The maximum absolute atomic E-state index is 10.5. The Bertz CT molecular complexity index is 269. The fourth-order valence-corrected chi connectivity index (χ4v) is 0.782. The molecule has 1 aromatic heterocycles. The average Bonchev–Trinajstić information content (AvgIpc) is 2.33. The second kappa shape index (κ2) is 2.69. The van der Waals surface area contributed by atoms with E-state index in [1.165, 1.54) is 10.9 Å². The first-order valence-corrected chi connectivity index (χ1v) is 3.22. The highest BCUT2D eigenvalue weighted by Crippen LogP contribution is 2.05. The summed E-state index contributed by atoms with van der Waals surface area (Å²) >= 11 is 0. The monoisotopic (exact) mass is 155 g/mol. The van der Waals surface area contributed by atoms with Crippen molar-refractivity contribution in [3.8, 4) is 0 Å². The molecule has 0 spiro atoms. The first kappa shape index (κ1) is 7.71. The molecule has 0 saturated carbocycles. The van der Waals surface area contributed by atoms with Crippen LogP contribution in [0.2, 0.25) is 0 Å². The highest BCUT2D eigenvalue weighted by atomic mass is 16.4. The quantitative estimate of drug-likeness (QED) is 0.663. The molecule has 0 radical (unpaired) electrons. The first-order chi connectivity index (χ1) is 5.13. The van der Waals surface area contributed by atoms with E-state index in [9.17, 15) is 4.79 Å². The number of carbonyl (C=O) groups is 1. The van der Waals surface area contributed by atoms with Gasteiger partial charge in [0.2, 0.25) is 0 Å². The zero-order chi connectivity index (χ0) is 8.43. The third kappa shape index (κ3) is 1.36. The van der Waals surface area contributed by atoms with Crippen molar-refractivity contribution in [1.29, 1.82) is 0 Å². The molecule has 0 aromatic carbocycles. The van der Waals surface area contributed by atoms with Gasteiger partial charge in [-0.3, -0.25) is 0 Å². The summed E-state index contributed by atoms with van der Waals surface area (Å²) in [5.41, 5.74) is 0.750. The van der Waals surface area contributed by atoms with Gasteiger partial charge in [-0.25, -0.2) is 9.48 Å². The molecule has 5 heteroatoms. The highest BCUT2D eigenvalue weighted by Gasteiger charge is 2.15. The van der Waals surface area contributed by atoms with E-state index >= 15 is 0 Å². The molecule has 0 aliphatic heterocycles. The predicted molar refractivity (Wildman–Crippen MR) is 37.1 cm³/mol. The Morgan fingerprint density at radius 3 is 2.82 bits per heavy atom. The molecule has 0 saturated heterocycles. The van der Waals surface area contributed by atoms with E-state index in [1.54, 1.807) is 13.8 Å². The Morgan fingerprint density at radius 1 is 1.82 bits per heavy atom. The van der Waals surface area contributed by atoms with Gasteiger partial charge in [0.05, 0.1) is 11.9 Å². The van der Waals surface area contributed by atoms with Crippen molar-refractivity contribution >= 4 is 5.97 Å². The van der Waals surface area contributed by atoms with Crippen molar-refractivity contribution in [3.63, 3.8) is 0 Å². The third-order valence-electron chi connectivity index (χ3n) is 1.48. The molecule has 0 amide bonds. The zero-order valence-electron chi connectivity index (χ0n) is 6.35. The summed E-state index contributed by atoms with van der Waals surface area (Å²) in [6, 6.07) is -0.641. The number of carboxylic acids is 1. The van der Waals surface area contributed by atoms with Crippen LogP contribution in [0.4, 0.5) is 0 Å². The standard InChI is InChI=1S/C6H9N3O2/c1-4-3-7-8-9(4)5(2)6(10)11/h3,5H,1-2H3,(H,10,11)/t5-/m0/s1. The zero-order valence-corrected chi connectivity index (χ0v) is 6.35. The third-order valence-corrected chi connectivity index (χ3v) is 1.48. The van der Waals surface area contributed by atoms with Gasteiger partial charge in [-0.2, -0.15) is 0 Å². The lowest BCUT2D eigenvalue weighted by Gasteiger charge is -2.06. The molecule has 1 N–H and O–H groups in total. The van der Waals surface area contributed by atoms with Crippen LogP contribution in [0.15, 0.2) is 6.20 Å². The highest BCUT2D eigenvalue weighted by molar-refractivity contribution is 5.71. The van der Waals surface area contributed by atoms with Gasteiger partial charge in [0.1, 0.15) is 6.04 Å². The second-order valence-electron chi connectivity index (χ2n) is 2.33. The Morgan fingerprint density at radius 2 is 2.45 bits per heavy atom. The summed E-state index contributed by atoms with van der Waals surface area (Å²) in [5.74, 6) is -0.904. The lowest BCUT2D eigenvalue weighted by Crippen LogP contribution is -2.17. The van der Waals surface area contributed by atoms with Crippen LogP contribution in [-0.4, -0.2) is 26.1 Å². The van der Waals surface area contributed by atoms with Gasteiger partial charge in [0, 0.05) is 0 Å². The van der Waals surface area contributed by atoms with Crippen LogP contribution in [0.5, 0.6) is 0 Å². The van der Waals surface area contributed by atoms with Crippen LogP contribution in [0.25, 0.3) is 0 Å². The van der Waals surface area contributed by atoms with E-state index in [2.05, 4.69) is 10.3 Å². The van der Waals surface area contributed by atoms with Gasteiger partial charge >= 0.3 is 5.97 Å². The summed E-state index contributed by atoms with van der Waals surface area (Å²) in [6.45, 7) is 3.32. The van der Waals surface area contributed by atoms with Crippen molar-refractivity contribution in [2.24, 2.45) is 0 Å². The van der Waals surface area contributed by atoms with Crippen molar-refractivity contribution in [2.45, 2.75) is 19.9 Å². The molecule has 5 nitrogen and oxygen atoms in total. The van der Waals surface area contributed by atoms with Gasteiger partial charge in [-0.1, -0.05) is 5.21 Å². The molecular weight excluding hydrogens is 146 g/mol. The van der Waals surface area contributed by atoms with E-state index in [-0.39, 0.29) is 0 Å². The van der Waals surface area contributed by atoms with Crippen LogP contribution in [0.3, 0.4) is 0 Å². The van der Waals surface area contributed by atoms with Gasteiger partial charge in [0.15, 0.2) is 0 Å². The van der Waals surface area contributed by atoms with Gasteiger partial charge in [-0.05, 0) is 13.8 Å². The Labute approximate surface area is 63.6 Å². The van der Waals surface area contributed by atoms with E-state index in [4.69, 9.17) is 5.11 Å². The molecule has 1 rings (SSSR count). The van der Waals surface area contributed by atoms with E-state index in [0.29, 0.717) is 0 Å². The molecule has 60 valence electrons. The van der Waals surface area contributed by atoms with Gasteiger partial charge < -0.3 is 5.11 Å². The summed E-state index contributed by atoms with van der Waals surface area (Å²) < 4.78 is 1.36. The molecule has 1 heterocycles. The molecule has 11 heavy (non-hydrogen) atoms. The average molecular weight is 155 g/mol. The minimum absolute atomic E-state index is 0.641. The van der Waals surface area contributed by atoms with Gasteiger partial charge in [0.25, 0.3) is 0 Å². The lowest BCUT2D eigenvalue weighted by molar-refractivity contribution is -0.140. The number of hydrogen-bond donors (Lipinski definition) is 1. The minimum atomic E-state index is -0.904. The number of hydrogen-bond acceptors (Lipinski definition) is 3. The molecule has 0 fully saturated rings. The number of rotatable bonds is 2. The Kier molecular flexibility index (Phi) is 1.89. The van der Waals surface area contributed by atoms with E-state index in [0.717, 1.165) is 5.69 Å². The number of nitrogens with zero attached hydrogens (tertiary/aromatic N) is 3. The largest absolute Gasteiger partial charge is 0.480 e. The molecular formula is C6H9N3O2. The van der Waals surface area contributed by atoms with Crippen molar-refractivity contribution in [3.05, 3.63) is 11.9 Å². The van der Waals surface area contributed by atoms with Crippen LogP contribution in [0, 0.1) is 6.92 Å². The molecule has 0 aliphatic rings. The fraction of sp³-hybridized carbons (Fsp3) is 0.500. The van der Waals surface area contributed by atoms with Crippen molar-refractivity contribution in [2.75, 3.05) is 0 Å². The van der Waals surface area contributed by atoms with Crippen LogP contribution in [-0.2, 0) is 4.79 Å². The number of aryl methyl sites for hydroxylation is 1. The summed E-state index contributed by atoms with van der Waals surface area (Å²) in [5, 5.41) is 15.8. The second-order valence-corrected chi connectivity index (χ2v) is 2.33. The fourth-order valence-electron chi connectivity index (χ4n) is 0.782. The lowest BCUT2D eigenvalue weighted by atomic mass is 10.3. The Hall–Kier alpha value is -1.39. The maximum atomic E-state index is 10.5. The maximum Gasteiger partial charge on any atom is 0.328 e. The SMILES string of the molecule is Cc1cnnn1[C@@H](C)C(=O)O. The minimum Gasteiger partial charge on any atom is -0.480 e. The molecule has 0 aliphatic carbocycles. The van der Waals surface area contributed by atoms with Crippen molar-refractivity contribution in [1.82, 2.24) is 15.0 Å². The van der Waals surface area contributed by atoms with Crippen LogP contribution < -0.4 is 0 Å².